The van der Waals surface area contributed by atoms with E-state index in [0.717, 1.165) is 55.5 Å². The summed E-state index contributed by atoms with van der Waals surface area (Å²) in [4.78, 5) is 11.3. The molecule has 0 fully saturated rings. The van der Waals surface area contributed by atoms with Crippen molar-refractivity contribution in [3.8, 4) is 28.5 Å². The largest absolute Gasteiger partial charge is 0.455 e. The number of nitrogens with zero attached hydrogens (tertiary/aromatic N) is 3. The van der Waals surface area contributed by atoms with Crippen molar-refractivity contribution in [2.75, 3.05) is 0 Å². The van der Waals surface area contributed by atoms with Gasteiger partial charge in [0.15, 0.2) is 8.07 Å². The topological polar surface area (TPSA) is 43.9 Å². The van der Waals surface area contributed by atoms with E-state index in [9.17, 15) is 0 Å². The molecule has 0 radical (unpaired) electrons. The normalized spacial score (nSPS) is 14.8. The van der Waals surface area contributed by atoms with Gasteiger partial charge in [-0.25, -0.2) is 9.97 Å². The van der Waals surface area contributed by atoms with Crippen LogP contribution in [0.5, 0.6) is 0 Å². The van der Waals surface area contributed by atoms with Gasteiger partial charge in [-0.05, 0) is 84.5 Å². The van der Waals surface area contributed by atoms with Gasteiger partial charge in [0.2, 0.25) is 5.95 Å². The highest BCUT2D eigenvalue weighted by molar-refractivity contribution is 7.19. The van der Waals surface area contributed by atoms with Crippen LogP contribution in [0.3, 0.4) is 0 Å². The molecule has 0 amide bonds. The molecular weight excluding hydrogens is 879 g/mol. The molecule has 4 nitrogen and oxygen atoms in total. The van der Waals surface area contributed by atoms with E-state index in [2.05, 4.69) is 241 Å². The minimum atomic E-state index is -2.87. The van der Waals surface area contributed by atoms with Gasteiger partial charge in [-0.15, -0.1) is 0 Å². The molecular formula is C66H43N3OSi. The molecule has 0 spiro atoms. The van der Waals surface area contributed by atoms with Crippen LogP contribution in [0.15, 0.2) is 253 Å². The molecule has 16 rings (SSSR count). The number of hydrogen-bond acceptors (Lipinski definition) is 3. The lowest BCUT2D eigenvalue weighted by molar-refractivity contribution is 0.670. The lowest BCUT2D eigenvalue weighted by Crippen LogP contribution is -2.74. The van der Waals surface area contributed by atoms with Gasteiger partial charge >= 0.3 is 0 Å². The first kappa shape index (κ1) is 40.0. The summed E-state index contributed by atoms with van der Waals surface area (Å²) in [7, 11) is -2.87. The average Bonchev–Trinajstić information content (AvgIpc) is 4.01. The van der Waals surface area contributed by atoms with E-state index in [0.29, 0.717) is 5.95 Å². The van der Waals surface area contributed by atoms with Gasteiger partial charge in [0.25, 0.3) is 0 Å². The van der Waals surface area contributed by atoms with E-state index >= 15 is 0 Å². The van der Waals surface area contributed by atoms with Crippen LogP contribution in [0.1, 0.15) is 45.2 Å². The molecule has 13 aromatic rings. The van der Waals surface area contributed by atoms with E-state index in [-0.39, 0.29) is 11.8 Å². The third-order valence-electron chi connectivity index (χ3n) is 15.6. The Hall–Kier alpha value is -8.90. The summed E-state index contributed by atoms with van der Waals surface area (Å²) in [5.41, 5.74) is 15.8. The molecule has 0 N–H and O–H groups in total. The molecule has 0 saturated carbocycles. The molecule has 0 unspecified atom stereocenters. The molecule has 332 valence electrons. The van der Waals surface area contributed by atoms with Gasteiger partial charge in [-0.3, -0.25) is 4.57 Å². The lowest BCUT2D eigenvalue weighted by atomic mass is 9.60. The Kier molecular flexibility index (Phi) is 8.77. The zero-order valence-corrected chi connectivity index (χ0v) is 39.6. The van der Waals surface area contributed by atoms with Crippen LogP contribution in [0.25, 0.3) is 72.2 Å². The second-order valence-electron chi connectivity index (χ2n) is 19.1. The van der Waals surface area contributed by atoms with Crippen molar-refractivity contribution in [3.05, 3.63) is 282 Å². The Labute approximate surface area is 411 Å². The zero-order chi connectivity index (χ0) is 46.6. The third-order valence-corrected chi connectivity index (χ3v) is 20.3. The number of benzene rings is 10. The van der Waals surface area contributed by atoms with E-state index < -0.39 is 8.07 Å². The predicted octanol–water partition coefficient (Wildman–Crippen LogP) is 13.2. The van der Waals surface area contributed by atoms with Gasteiger partial charge in [-0.1, -0.05) is 218 Å². The molecule has 5 heteroatoms. The minimum Gasteiger partial charge on any atom is -0.455 e. The summed E-state index contributed by atoms with van der Waals surface area (Å²) >= 11 is 0. The summed E-state index contributed by atoms with van der Waals surface area (Å²) in [5.74, 6) is 0.876. The molecule has 10 aromatic carbocycles. The first-order chi connectivity index (χ1) is 35.2. The van der Waals surface area contributed by atoms with Crippen LogP contribution in [0, 0.1) is 0 Å². The van der Waals surface area contributed by atoms with Crippen LogP contribution < -0.4 is 20.7 Å². The summed E-state index contributed by atoms with van der Waals surface area (Å²) in [6, 6.07) is 91.1. The van der Waals surface area contributed by atoms with Crippen LogP contribution >= 0.6 is 0 Å². The molecule has 3 aliphatic rings. The molecule has 0 aliphatic heterocycles. The van der Waals surface area contributed by atoms with E-state index in [1.165, 1.54) is 64.9 Å². The fourth-order valence-corrected chi connectivity index (χ4v) is 17.5. The quantitative estimate of drug-likeness (QED) is 0.118. The van der Waals surface area contributed by atoms with Crippen molar-refractivity contribution in [2.45, 2.75) is 11.8 Å². The summed E-state index contributed by atoms with van der Waals surface area (Å²) in [5, 5.41) is 9.85. The standard InChI is InChI=1S/C66H43N3OSi/c1-4-21-43(22-5-1)71(44-23-6-2-7-24-44,45-25-8-3-9-26-45)46-27-18-20-42(40-46)56-41-57(53-35-19-34-52-47-28-15-17-37-60(47)70-65(52)53)68-66(67-56)69-58-36-16-14-33-54(58)63-59(69)39-38-55-61-48-29-10-12-31-50(48)62(64(55)63)51-32-13-11-30-49(51)61/h1-41,61-62H. The molecule has 3 heterocycles. The van der Waals surface area contributed by atoms with Crippen LogP contribution in [0.2, 0.25) is 0 Å². The number of hydrogen-bond donors (Lipinski definition) is 0. The number of rotatable bonds is 7. The van der Waals surface area contributed by atoms with Gasteiger partial charge in [0, 0.05) is 44.5 Å². The van der Waals surface area contributed by atoms with Crippen LogP contribution in [-0.4, -0.2) is 22.6 Å². The highest BCUT2D eigenvalue weighted by Crippen LogP contribution is 2.58. The second kappa shape index (κ2) is 15.6. The molecule has 2 bridgehead atoms. The zero-order valence-electron chi connectivity index (χ0n) is 38.6. The molecule has 3 aliphatic carbocycles. The average molecular weight is 922 g/mol. The summed E-state index contributed by atoms with van der Waals surface area (Å²) in [6.45, 7) is 0. The summed E-state index contributed by atoms with van der Waals surface area (Å²) in [6.07, 6.45) is 0. The Morgan fingerprint density at radius 2 is 0.915 bits per heavy atom. The number of furan rings is 1. The van der Waals surface area contributed by atoms with Gasteiger partial charge in [0.05, 0.1) is 22.4 Å². The van der Waals surface area contributed by atoms with Crippen LogP contribution in [-0.2, 0) is 0 Å². The number of fused-ring (bicyclic) bond motifs is 6. The first-order valence-electron chi connectivity index (χ1n) is 24.6. The fourth-order valence-electron chi connectivity index (χ4n) is 12.7. The fraction of sp³-hybridized carbons (Fsp3) is 0.0303. The van der Waals surface area contributed by atoms with Crippen molar-refractivity contribution in [2.24, 2.45) is 0 Å². The van der Waals surface area contributed by atoms with Crippen molar-refractivity contribution in [3.63, 3.8) is 0 Å². The van der Waals surface area contributed by atoms with Crippen molar-refractivity contribution >= 4 is 72.6 Å². The highest BCUT2D eigenvalue weighted by Gasteiger charge is 2.44. The van der Waals surface area contributed by atoms with Crippen molar-refractivity contribution in [1.82, 2.24) is 14.5 Å². The predicted molar refractivity (Wildman–Crippen MR) is 293 cm³/mol. The van der Waals surface area contributed by atoms with Crippen molar-refractivity contribution in [1.29, 1.82) is 0 Å². The van der Waals surface area contributed by atoms with E-state index in [1.54, 1.807) is 0 Å². The SMILES string of the molecule is c1ccc([Si](c2ccccc2)(c2ccccc2)c2cccc(-c3cc(-c4cccc5c4oc4ccccc45)nc(-n4c5ccccc5c5c6c(ccc54)C4c5ccccc5C6c5ccccc54)n3)c2)cc1. The summed E-state index contributed by atoms with van der Waals surface area (Å²) < 4.78 is 9.07. The van der Waals surface area contributed by atoms with Crippen LogP contribution in [0.4, 0.5) is 0 Å². The lowest BCUT2D eigenvalue weighted by Gasteiger charge is -2.42. The Bertz CT molecular complexity index is 4110. The third kappa shape index (κ3) is 5.78. The Morgan fingerprint density at radius 1 is 0.380 bits per heavy atom. The molecule has 3 aromatic heterocycles. The molecule has 0 saturated heterocycles. The number of para-hydroxylation sites is 3. The first-order valence-corrected chi connectivity index (χ1v) is 26.6. The van der Waals surface area contributed by atoms with Gasteiger partial charge < -0.3 is 4.42 Å². The smallest absolute Gasteiger partial charge is 0.235 e. The maximum Gasteiger partial charge on any atom is 0.235 e. The van der Waals surface area contributed by atoms with E-state index in [1.807, 2.05) is 12.1 Å². The van der Waals surface area contributed by atoms with E-state index in [4.69, 9.17) is 14.4 Å². The minimum absolute atomic E-state index is 0.102. The molecule has 71 heavy (non-hydrogen) atoms. The molecule has 0 atom stereocenters. The maximum absolute atomic E-state index is 6.75. The second-order valence-corrected chi connectivity index (χ2v) is 22.9. The van der Waals surface area contributed by atoms with Crippen molar-refractivity contribution < 1.29 is 4.42 Å². The Balaban J connectivity index is 1.01. The highest BCUT2D eigenvalue weighted by atomic mass is 28.3. The number of aromatic nitrogens is 3. The monoisotopic (exact) mass is 921 g/mol. The maximum atomic E-state index is 6.75. The Morgan fingerprint density at radius 3 is 1.59 bits per heavy atom. The van der Waals surface area contributed by atoms with Gasteiger partial charge in [0.1, 0.15) is 11.2 Å². The van der Waals surface area contributed by atoms with Gasteiger partial charge in [-0.2, -0.15) is 0 Å².